The van der Waals surface area contributed by atoms with Gasteiger partial charge in [-0.25, -0.2) is 4.79 Å². The van der Waals surface area contributed by atoms with Crippen molar-refractivity contribution in [1.82, 2.24) is 10.2 Å². The van der Waals surface area contributed by atoms with E-state index in [1.165, 1.54) is 5.56 Å². The van der Waals surface area contributed by atoms with Crippen LogP contribution in [0.2, 0.25) is 0 Å². The summed E-state index contributed by atoms with van der Waals surface area (Å²) in [5, 5.41) is 5.93. The molecule has 3 amide bonds. The number of carbonyl (C=O) groups is 2. The van der Waals surface area contributed by atoms with Gasteiger partial charge in [0, 0.05) is 31.7 Å². The van der Waals surface area contributed by atoms with Crippen LogP contribution in [-0.2, 0) is 4.79 Å². The predicted molar refractivity (Wildman–Crippen MR) is 92.5 cm³/mol. The van der Waals surface area contributed by atoms with Gasteiger partial charge in [0.05, 0.1) is 0 Å². The summed E-state index contributed by atoms with van der Waals surface area (Å²) in [4.78, 5) is 25.7. The Labute approximate surface area is 138 Å². The Kier molecular flexibility index (Phi) is 6.02. The van der Waals surface area contributed by atoms with Crippen LogP contribution in [-0.4, -0.2) is 36.5 Å². The molecule has 0 saturated carbocycles. The number of nitrogens with one attached hydrogen (secondary N) is 2. The lowest BCUT2D eigenvalue weighted by atomic mass is 9.98. The van der Waals surface area contributed by atoms with Crippen molar-refractivity contribution in [2.75, 3.05) is 25.0 Å². The number of rotatable bonds is 4. The van der Waals surface area contributed by atoms with Crippen LogP contribution < -0.4 is 10.6 Å². The number of carbonyl (C=O) groups excluding carboxylic acids is 2. The van der Waals surface area contributed by atoms with Crippen LogP contribution in [0.25, 0.3) is 0 Å². The van der Waals surface area contributed by atoms with Gasteiger partial charge in [-0.1, -0.05) is 24.6 Å². The number of aryl methyl sites for hydroxylation is 2. The number of benzene rings is 1. The fraction of sp³-hybridized carbons (Fsp3) is 0.556. The second kappa shape index (κ2) is 7.99. The standard InChI is InChI=1S/C18H27N3O2/c1-4-17(22)19-11-15-6-5-9-21(12-15)18(23)20-16-8-7-13(2)10-14(16)3/h7-8,10,15H,4-6,9,11-12H2,1-3H3,(H,19,22)(H,20,23). The monoisotopic (exact) mass is 317 g/mol. The zero-order chi connectivity index (χ0) is 16.8. The number of anilines is 1. The molecule has 1 heterocycles. The molecule has 2 N–H and O–H groups in total. The van der Waals surface area contributed by atoms with Crippen LogP contribution in [0.3, 0.4) is 0 Å². The highest BCUT2D eigenvalue weighted by molar-refractivity contribution is 5.90. The van der Waals surface area contributed by atoms with Crippen molar-refractivity contribution in [3.8, 4) is 0 Å². The molecular weight excluding hydrogens is 290 g/mol. The van der Waals surface area contributed by atoms with Gasteiger partial charge in [0.1, 0.15) is 0 Å². The lowest BCUT2D eigenvalue weighted by molar-refractivity contribution is -0.121. The molecule has 0 aromatic heterocycles. The molecule has 1 aliphatic rings. The highest BCUT2D eigenvalue weighted by Gasteiger charge is 2.24. The molecule has 5 nitrogen and oxygen atoms in total. The first-order valence-electron chi connectivity index (χ1n) is 8.39. The Bertz CT molecular complexity index is 571. The molecule has 1 atom stereocenters. The molecule has 0 bridgehead atoms. The van der Waals surface area contributed by atoms with E-state index in [4.69, 9.17) is 0 Å². The maximum Gasteiger partial charge on any atom is 0.321 e. The maximum absolute atomic E-state index is 12.5. The Morgan fingerprint density at radius 3 is 2.78 bits per heavy atom. The fourth-order valence-electron chi connectivity index (χ4n) is 2.95. The minimum absolute atomic E-state index is 0.0523. The third-order valence-electron chi connectivity index (χ3n) is 4.34. The lowest BCUT2D eigenvalue weighted by Gasteiger charge is -2.33. The van der Waals surface area contributed by atoms with Crippen molar-refractivity contribution < 1.29 is 9.59 Å². The number of urea groups is 1. The van der Waals surface area contributed by atoms with E-state index in [-0.39, 0.29) is 11.9 Å². The molecule has 0 radical (unpaired) electrons. The van der Waals surface area contributed by atoms with E-state index in [0.29, 0.717) is 25.4 Å². The summed E-state index contributed by atoms with van der Waals surface area (Å²) in [7, 11) is 0. The molecule has 0 spiro atoms. The van der Waals surface area contributed by atoms with Gasteiger partial charge < -0.3 is 15.5 Å². The molecule has 1 aromatic rings. The average Bonchev–Trinajstić information content (AvgIpc) is 2.55. The van der Waals surface area contributed by atoms with Crippen LogP contribution in [0.4, 0.5) is 10.5 Å². The lowest BCUT2D eigenvalue weighted by Crippen LogP contribution is -2.45. The molecule has 1 unspecified atom stereocenters. The third kappa shape index (κ3) is 4.98. The van der Waals surface area contributed by atoms with Crippen LogP contribution in [0.5, 0.6) is 0 Å². The maximum atomic E-state index is 12.5. The third-order valence-corrected chi connectivity index (χ3v) is 4.34. The van der Waals surface area contributed by atoms with E-state index >= 15 is 0 Å². The first kappa shape index (κ1) is 17.3. The largest absolute Gasteiger partial charge is 0.356 e. The van der Waals surface area contributed by atoms with Crippen LogP contribution >= 0.6 is 0 Å². The number of hydrogen-bond acceptors (Lipinski definition) is 2. The van der Waals surface area contributed by atoms with Crippen molar-refractivity contribution in [3.63, 3.8) is 0 Å². The number of likely N-dealkylation sites (tertiary alicyclic amines) is 1. The molecule has 1 aromatic carbocycles. The molecular formula is C18H27N3O2. The second-order valence-corrected chi connectivity index (χ2v) is 6.36. The van der Waals surface area contributed by atoms with Gasteiger partial charge in [-0.2, -0.15) is 0 Å². The molecule has 1 saturated heterocycles. The Morgan fingerprint density at radius 1 is 1.30 bits per heavy atom. The number of nitrogens with zero attached hydrogens (tertiary/aromatic N) is 1. The van der Waals surface area contributed by atoms with Gasteiger partial charge in [0.2, 0.25) is 5.91 Å². The molecule has 5 heteroatoms. The van der Waals surface area contributed by atoms with Crippen molar-refractivity contribution in [2.24, 2.45) is 5.92 Å². The predicted octanol–water partition coefficient (Wildman–Crippen LogP) is 3.07. The summed E-state index contributed by atoms with van der Waals surface area (Å²) in [6.45, 7) is 8.01. The molecule has 23 heavy (non-hydrogen) atoms. The minimum atomic E-state index is -0.0523. The Morgan fingerprint density at radius 2 is 2.09 bits per heavy atom. The topological polar surface area (TPSA) is 61.4 Å². The van der Waals surface area contributed by atoms with Crippen molar-refractivity contribution in [1.29, 1.82) is 0 Å². The van der Waals surface area contributed by atoms with Crippen LogP contribution in [0.1, 0.15) is 37.3 Å². The van der Waals surface area contributed by atoms with E-state index in [1.54, 1.807) is 0 Å². The van der Waals surface area contributed by atoms with Crippen molar-refractivity contribution in [2.45, 2.75) is 40.0 Å². The Hall–Kier alpha value is -2.04. The Balaban J connectivity index is 1.90. The molecule has 2 rings (SSSR count). The van der Waals surface area contributed by atoms with E-state index in [1.807, 2.05) is 37.8 Å². The molecule has 1 fully saturated rings. The summed E-state index contributed by atoms with van der Waals surface area (Å²) in [6.07, 6.45) is 2.54. The highest BCUT2D eigenvalue weighted by Crippen LogP contribution is 2.20. The van der Waals surface area contributed by atoms with Crippen LogP contribution in [0.15, 0.2) is 18.2 Å². The summed E-state index contributed by atoms with van der Waals surface area (Å²) in [5.41, 5.74) is 3.12. The van der Waals surface area contributed by atoms with Gasteiger partial charge in [-0.3, -0.25) is 4.79 Å². The summed E-state index contributed by atoms with van der Waals surface area (Å²) < 4.78 is 0. The van der Waals surface area contributed by atoms with Crippen LogP contribution in [0, 0.1) is 19.8 Å². The van der Waals surface area contributed by atoms with E-state index in [9.17, 15) is 9.59 Å². The normalized spacial score (nSPS) is 17.7. The zero-order valence-corrected chi connectivity index (χ0v) is 14.3. The zero-order valence-electron chi connectivity index (χ0n) is 14.3. The van der Waals surface area contributed by atoms with E-state index in [0.717, 1.165) is 30.6 Å². The molecule has 0 aliphatic carbocycles. The summed E-state index contributed by atoms with van der Waals surface area (Å²) in [5.74, 6) is 0.408. The first-order chi connectivity index (χ1) is 11.0. The van der Waals surface area contributed by atoms with Gasteiger partial charge in [0.25, 0.3) is 0 Å². The molecule has 1 aliphatic heterocycles. The molecule has 126 valence electrons. The SMILES string of the molecule is CCC(=O)NCC1CCCN(C(=O)Nc2ccc(C)cc2C)C1. The average molecular weight is 317 g/mol. The summed E-state index contributed by atoms with van der Waals surface area (Å²) in [6, 6.07) is 5.96. The second-order valence-electron chi connectivity index (χ2n) is 6.36. The van der Waals surface area contributed by atoms with E-state index in [2.05, 4.69) is 16.7 Å². The van der Waals surface area contributed by atoms with Gasteiger partial charge in [-0.05, 0) is 44.2 Å². The van der Waals surface area contributed by atoms with E-state index < -0.39 is 0 Å². The van der Waals surface area contributed by atoms with Crippen molar-refractivity contribution >= 4 is 17.6 Å². The fourth-order valence-corrected chi connectivity index (χ4v) is 2.95. The van der Waals surface area contributed by atoms with Gasteiger partial charge in [-0.15, -0.1) is 0 Å². The highest BCUT2D eigenvalue weighted by atomic mass is 16.2. The van der Waals surface area contributed by atoms with Gasteiger partial charge in [0.15, 0.2) is 0 Å². The summed E-state index contributed by atoms with van der Waals surface area (Å²) >= 11 is 0. The van der Waals surface area contributed by atoms with Crippen molar-refractivity contribution in [3.05, 3.63) is 29.3 Å². The quantitative estimate of drug-likeness (QED) is 0.896. The number of piperidine rings is 1. The smallest absolute Gasteiger partial charge is 0.321 e. The first-order valence-corrected chi connectivity index (χ1v) is 8.39. The minimum Gasteiger partial charge on any atom is -0.356 e. The number of hydrogen-bond donors (Lipinski definition) is 2. The van der Waals surface area contributed by atoms with Gasteiger partial charge >= 0.3 is 6.03 Å². The number of amides is 3.